The molecule has 19 heavy (non-hydrogen) atoms. The quantitative estimate of drug-likeness (QED) is 0.760. The minimum absolute atomic E-state index is 0.707. The Morgan fingerprint density at radius 3 is 3.21 bits per heavy atom. The Bertz CT molecular complexity index is 401. The minimum atomic E-state index is 0.707. The zero-order valence-corrected chi connectivity index (χ0v) is 11.6. The molecule has 1 aromatic heterocycles. The topological polar surface area (TPSA) is 53.1 Å². The molecule has 1 fully saturated rings. The summed E-state index contributed by atoms with van der Waals surface area (Å²) in [6.07, 6.45) is 5.99. The lowest BCUT2D eigenvalue weighted by atomic mass is 9.99. The molecule has 1 unspecified atom stereocenters. The van der Waals surface area contributed by atoms with E-state index < -0.39 is 0 Å². The van der Waals surface area contributed by atoms with Crippen LogP contribution in [0, 0.1) is 5.92 Å². The van der Waals surface area contributed by atoms with Gasteiger partial charge in [-0.25, -0.2) is 9.97 Å². The van der Waals surface area contributed by atoms with Crippen molar-refractivity contribution in [2.75, 3.05) is 43.4 Å². The van der Waals surface area contributed by atoms with E-state index in [4.69, 9.17) is 0 Å². The first-order valence-corrected chi connectivity index (χ1v) is 6.88. The van der Waals surface area contributed by atoms with Crippen LogP contribution in [0.3, 0.4) is 0 Å². The van der Waals surface area contributed by atoms with Crippen molar-refractivity contribution in [3.63, 3.8) is 0 Å². The average molecular weight is 261 g/mol. The Morgan fingerprint density at radius 2 is 2.47 bits per heavy atom. The summed E-state index contributed by atoms with van der Waals surface area (Å²) in [5.74, 6) is 2.52. The molecular weight excluding hydrogens is 238 g/mol. The maximum atomic E-state index is 4.34. The van der Waals surface area contributed by atoms with Crippen molar-refractivity contribution in [1.82, 2.24) is 15.3 Å². The van der Waals surface area contributed by atoms with Gasteiger partial charge in [-0.05, 0) is 31.8 Å². The summed E-state index contributed by atoms with van der Waals surface area (Å²) in [5.41, 5.74) is 0. The molecule has 1 aliphatic heterocycles. The maximum Gasteiger partial charge on any atom is 0.133 e. The number of hydrogen-bond acceptors (Lipinski definition) is 5. The van der Waals surface area contributed by atoms with Crippen LogP contribution in [0.5, 0.6) is 0 Å². The van der Waals surface area contributed by atoms with Crippen molar-refractivity contribution in [3.05, 3.63) is 25.0 Å². The van der Waals surface area contributed by atoms with Gasteiger partial charge < -0.3 is 15.5 Å². The van der Waals surface area contributed by atoms with E-state index in [1.54, 1.807) is 6.33 Å². The van der Waals surface area contributed by atoms with Gasteiger partial charge in [-0.15, -0.1) is 6.58 Å². The van der Waals surface area contributed by atoms with E-state index in [2.05, 4.69) is 39.1 Å². The van der Waals surface area contributed by atoms with E-state index in [9.17, 15) is 0 Å². The SMILES string of the molecule is C=CCNc1cc(N(C)CC2CCCNC2)ncn1. The van der Waals surface area contributed by atoms with E-state index >= 15 is 0 Å². The Labute approximate surface area is 115 Å². The predicted octanol–water partition coefficient (Wildman–Crippen LogP) is 1.51. The largest absolute Gasteiger partial charge is 0.366 e. The second-order valence-electron chi connectivity index (χ2n) is 5.02. The second-order valence-corrected chi connectivity index (χ2v) is 5.02. The monoisotopic (exact) mass is 261 g/mol. The Kier molecular flexibility index (Phi) is 5.15. The molecule has 5 nitrogen and oxygen atoms in total. The lowest BCUT2D eigenvalue weighted by molar-refractivity contribution is 0.380. The van der Waals surface area contributed by atoms with Crippen molar-refractivity contribution >= 4 is 11.6 Å². The highest BCUT2D eigenvalue weighted by molar-refractivity contribution is 5.48. The third-order valence-corrected chi connectivity index (χ3v) is 3.40. The Hall–Kier alpha value is -1.62. The molecule has 5 heteroatoms. The second kappa shape index (κ2) is 7.09. The summed E-state index contributed by atoms with van der Waals surface area (Å²) >= 11 is 0. The third-order valence-electron chi connectivity index (χ3n) is 3.40. The van der Waals surface area contributed by atoms with Crippen molar-refractivity contribution < 1.29 is 0 Å². The van der Waals surface area contributed by atoms with E-state index in [0.29, 0.717) is 12.5 Å². The van der Waals surface area contributed by atoms with Gasteiger partial charge in [0.2, 0.25) is 0 Å². The van der Waals surface area contributed by atoms with Crippen LogP contribution in [0.2, 0.25) is 0 Å². The molecule has 2 rings (SSSR count). The molecule has 0 radical (unpaired) electrons. The van der Waals surface area contributed by atoms with Gasteiger partial charge in [-0.3, -0.25) is 0 Å². The van der Waals surface area contributed by atoms with Crippen LogP contribution in [0.25, 0.3) is 0 Å². The number of rotatable bonds is 6. The van der Waals surface area contributed by atoms with Crippen LogP contribution in [0.1, 0.15) is 12.8 Å². The van der Waals surface area contributed by atoms with Gasteiger partial charge in [0.05, 0.1) is 0 Å². The first-order chi connectivity index (χ1) is 9.29. The summed E-state index contributed by atoms with van der Waals surface area (Å²) in [6, 6.07) is 1.99. The normalized spacial score (nSPS) is 18.9. The summed E-state index contributed by atoms with van der Waals surface area (Å²) in [6.45, 7) is 7.70. The van der Waals surface area contributed by atoms with Gasteiger partial charge in [0.25, 0.3) is 0 Å². The average Bonchev–Trinajstić information content (AvgIpc) is 2.46. The molecular formula is C14H23N5. The summed E-state index contributed by atoms with van der Waals surface area (Å²) in [7, 11) is 2.09. The smallest absolute Gasteiger partial charge is 0.133 e. The van der Waals surface area contributed by atoms with E-state index in [0.717, 1.165) is 31.3 Å². The number of nitrogens with zero attached hydrogens (tertiary/aromatic N) is 3. The molecule has 1 atom stereocenters. The van der Waals surface area contributed by atoms with Crippen molar-refractivity contribution in [3.8, 4) is 0 Å². The van der Waals surface area contributed by atoms with Gasteiger partial charge >= 0.3 is 0 Å². The first kappa shape index (κ1) is 13.8. The van der Waals surface area contributed by atoms with Crippen LogP contribution in [0.15, 0.2) is 25.0 Å². The highest BCUT2D eigenvalue weighted by Gasteiger charge is 2.16. The highest BCUT2D eigenvalue weighted by Crippen LogP contribution is 2.17. The van der Waals surface area contributed by atoms with E-state index in [1.807, 2.05) is 12.1 Å². The van der Waals surface area contributed by atoms with Gasteiger partial charge in [-0.2, -0.15) is 0 Å². The molecule has 0 aliphatic carbocycles. The highest BCUT2D eigenvalue weighted by atomic mass is 15.2. The van der Waals surface area contributed by atoms with Gasteiger partial charge in [0.15, 0.2) is 0 Å². The molecule has 0 aromatic carbocycles. The molecule has 1 aliphatic rings. The zero-order valence-electron chi connectivity index (χ0n) is 11.6. The van der Waals surface area contributed by atoms with Crippen LogP contribution in [-0.4, -0.2) is 43.2 Å². The van der Waals surface area contributed by atoms with Crippen molar-refractivity contribution in [2.45, 2.75) is 12.8 Å². The lowest BCUT2D eigenvalue weighted by Crippen LogP contribution is -2.37. The van der Waals surface area contributed by atoms with Gasteiger partial charge in [0.1, 0.15) is 18.0 Å². The van der Waals surface area contributed by atoms with Crippen molar-refractivity contribution in [2.24, 2.45) is 5.92 Å². The van der Waals surface area contributed by atoms with E-state index in [-0.39, 0.29) is 0 Å². The molecule has 1 aromatic rings. The Morgan fingerprint density at radius 1 is 1.58 bits per heavy atom. The maximum absolute atomic E-state index is 4.34. The summed E-state index contributed by atoms with van der Waals surface area (Å²) in [4.78, 5) is 10.7. The van der Waals surface area contributed by atoms with Crippen LogP contribution in [-0.2, 0) is 0 Å². The minimum Gasteiger partial charge on any atom is -0.366 e. The molecule has 2 heterocycles. The summed E-state index contributed by atoms with van der Waals surface area (Å²) in [5, 5.41) is 6.63. The molecule has 0 spiro atoms. The Balaban J connectivity index is 1.93. The van der Waals surface area contributed by atoms with Crippen LogP contribution in [0.4, 0.5) is 11.6 Å². The number of aromatic nitrogens is 2. The number of anilines is 2. The fourth-order valence-electron chi connectivity index (χ4n) is 2.39. The third kappa shape index (κ3) is 4.21. The van der Waals surface area contributed by atoms with Crippen LogP contribution >= 0.6 is 0 Å². The predicted molar refractivity (Wildman–Crippen MR) is 79.6 cm³/mol. The molecule has 0 amide bonds. The van der Waals surface area contributed by atoms with Crippen molar-refractivity contribution in [1.29, 1.82) is 0 Å². The fourth-order valence-corrected chi connectivity index (χ4v) is 2.39. The number of hydrogen-bond donors (Lipinski definition) is 2. The first-order valence-electron chi connectivity index (χ1n) is 6.88. The lowest BCUT2D eigenvalue weighted by Gasteiger charge is -2.28. The molecule has 104 valence electrons. The molecule has 1 saturated heterocycles. The zero-order chi connectivity index (χ0) is 13.5. The molecule has 0 bridgehead atoms. The van der Waals surface area contributed by atoms with Gasteiger partial charge in [-0.1, -0.05) is 6.08 Å². The van der Waals surface area contributed by atoms with Gasteiger partial charge in [0, 0.05) is 26.2 Å². The van der Waals surface area contributed by atoms with Crippen LogP contribution < -0.4 is 15.5 Å². The number of nitrogens with one attached hydrogen (secondary N) is 2. The summed E-state index contributed by atoms with van der Waals surface area (Å²) < 4.78 is 0. The molecule has 0 saturated carbocycles. The standard InChI is InChI=1S/C14H23N5/c1-3-6-16-13-8-14(18-11-17-13)19(2)10-12-5-4-7-15-9-12/h3,8,11-12,15H,1,4-7,9-10H2,2H3,(H,16,17,18). The number of piperidine rings is 1. The van der Waals surface area contributed by atoms with E-state index in [1.165, 1.54) is 12.8 Å². The fraction of sp³-hybridized carbons (Fsp3) is 0.571. The molecule has 2 N–H and O–H groups in total.